The highest BCUT2D eigenvalue weighted by atomic mass is 16.5. The summed E-state index contributed by atoms with van der Waals surface area (Å²) in [5, 5.41) is 9.50. The van der Waals surface area contributed by atoms with Crippen molar-refractivity contribution in [2.24, 2.45) is 0 Å². The van der Waals surface area contributed by atoms with Crippen LogP contribution in [0.2, 0.25) is 0 Å². The molecule has 1 atom stereocenters. The summed E-state index contributed by atoms with van der Waals surface area (Å²) in [6, 6.07) is 3.64. The van der Waals surface area contributed by atoms with Gasteiger partial charge in [0.2, 0.25) is 0 Å². The molecule has 1 aromatic carbocycles. The number of aliphatic hydroxyl groups excluding tert-OH is 1. The Morgan fingerprint density at radius 1 is 1.25 bits per heavy atom. The fourth-order valence-corrected chi connectivity index (χ4v) is 1.92. The van der Waals surface area contributed by atoms with Gasteiger partial charge in [-0.2, -0.15) is 0 Å². The summed E-state index contributed by atoms with van der Waals surface area (Å²) in [5.74, 6) is 0.441. The first-order valence-corrected chi connectivity index (χ1v) is 6.16. The van der Waals surface area contributed by atoms with Crippen LogP contribution in [0.3, 0.4) is 0 Å². The van der Waals surface area contributed by atoms with E-state index in [-0.39, 0.29) is 12.5 Å². The maximum absolute atomic E-state index is 11.1. The van der Waals surface area contributed by atoms with Crippen LogP contribution in [0, 0.1) is 6.92 Å². The molecule has 20 heavy (non-hydrogen) atoms. The Kier molecular flexibility index (Phi) is 6.06. The maximum atomic E-state index is 11.1. The first kappa shape index (κ1) is 16.0. The van der Waals surface area contributed by atoms with E-state index in [2.05, 4.69) is 4.74 Å². The summed E-state index contributed by atoms with van der Waals surface area (Å²) < 4.78 is 15.0. The summed E-state index contributed by atoms with van der Waals surface area (Å²) in [4.78, 5) is 11.1. The molecular formula is C15H20O5. The van der Waals surface area contributed by atoms with Gasteiger partial charge in [0.25, 0.3) is 0 Å². The molecule has 0 saturated heterocycles. The van der Waals surface area contributed by atoms with Gasteiger partial charge in [-0.1, -0.05) is 6.08 Å². The van der Waals surface area contributed by atoms with E-state index in [0.29, 0.717) is 11.5 Å². The molecule has 0 aliphatic heterocycles. The first-order valence-electron chi connectivity index (χ1n) is 6.16. The smallest absolute Gasteiger partial charge is 0.330 e. The minimum Gasteiger partial charge on any atom is -0.493 e. The van der Waals surface area contributed by atoms with E-state index in [1.165, 1.54) is 13.2 Å². The van der Waals surface area contributed by atoms with Crippen LogP contribution in [0.4, 0.5) is 0 Å². The zero-order valence-corrected chi connectivity index (χ0v) is 12.2. The van der Waals surface area contributed by atoms with Crippen LogP contribution in [-0.4, -0.2) is 39.0 Å². The van der Waals surface area contributed by atoms with Crippen molar-refractivity contribution in [1.82, 2.24) is 0 Å². The number of methoxy groups -OCH3 is 3. The van der Waals surface area contributed by atoms with Crippen LogP contribution in [0.5, 0.6) is 11.5 Å². The molecule has 0 unspecified atom stereocenters. The Morgan fingerprint density at radius 2 is 1.85 bits per heavy atom. The van der Waals surface area contributed by atoms with Gasteiger partial charge in [0.1, 0.15) is 0 Å². The lowest BCUT2D eigenvalue weighted by Crippen LogP contribution is -2.06. The molecule has 1 rings (SSSR count). The molecule has 5 nitrogen and oxygen atoms in total. The van der Waals surface area contributed by atoms with E-state index in [1.807, 2.05) is 13.0 Å². The molecule has 0 fully saturated rings. The number of carbonyl (C=O) groups is 1. The summed E-state index contributed by atoms with van der Waals surface area (Å²) >= 11 is 0. The number of aliphatic hydroxyl groups is 1. The largest absolute Gasteiger partial charge is 0.493 e. The summed E-state index contributed by atoms with van der Waals surface area (Å²) in [6.45, 7) is 1.79. The van der Waals surface area contributed by atoms with Crippen LogP contribution in [0.1, 0.15) is 17.0 Å². The normalized spacial score (nSPS) is 12.2. The molecule has 0 heterocycles. The highest BCUT2D eigenvalue weighted by Crippen LogP contribution is 2.33. The van der Waals surface area contributed by atoms with Gasteiger partial charge in [-0.3, -0.25) is 0 Å². The van der Waals surface area contributed by atoms with E-state index < -0.39 is 5.97 Å². The van der Waals surface area contributed by atoms with E-state index in [0.717, 1.165) is 11.1 Å². The minimum atomic E-state index is -0.457. The van der Waals surface area contributed by atoms with Crippen LogP contribution >= 0.6 is 0 Å². The van der Waals surface area contributed by atoms with Crippen molar-refractivity contribution in [3.8, 4) is 11.5 Å². The minimum absolute atomic E-state index is 0.121. The summed E-state index contributed by atoms with van der Waals surface area (Å²) in [6.07, 6.45) is 2.91. The predicted molar refractivity (Wildman–Crippen MR) is 75.3 cm³/mol. The van der Waals surface area contributed by atoms with Crippen molar-refractivity contribution in [2.45, 2.75) is 12.8 Å². The Labute approximate surface area is 118 Å². The molecule has 5 heteroatoms. The number of ether oxygens (including phenoxy) is 3. The molecule has 0 bridgehead atoms. The maximum Gasteiger partial charge on any atom is 0.330 e. The molecule has 0 saturated carbocycles. The molecule has 110 valence electrons. The standard InChI is InChI=1S/C15H20O5/c1-10-7-13(18-2)14(19-3)8-12(10)11(9-16)5-6-15(17)20-4/h5-8,11,16H,9H2,1-4H3/b6-5+/t11-/m0/s1. The van der Waals surface area contributed by atoms with Crippen molar-refractivity contribution < 1.29 is 24.1 Å². The highest BCUT2D eigenvalue weighted by Gasteiger charge is 2.15. The molecule has 0 spiro atoms. The number of esters is 1. The molecule has 0 aliphatic carbocycles. The van der Waals surface area contributed by atoms with Gasteiger partial charge < -0.3 is 19.3 Å². The quantitative estimate of drug-likeness (QED) is 0.636. The number of rotatable bonds is 6. The Morgan fingerprint density at radius 3 is 2.35 bits per heavy atom. The lowest BCUT2D eigenvalue weighted by molar-refractivity contribution is -0.134. The molecule has 1 aromatic rings. The van der Waals surface area contributed by atoms with E-state index in [9.17, 15) is 9.90 Å². The average Bonchev–Trinajstić information content (AvgIpc) is 2.48. The fourth-order valence-electron chi connectivity index (χ4n) is 1.92. The number of benzene rings is 1. The average molecular weight is 280 g/mol. The van der Waals surface area contributed by atoms with Gasteiger partial charge in [-0.25, -0.2) is 4.79 Å². The molecule has 1 N–H and O–H groups in total. The Hall–Kier alpha value is -2.01. The molecule has 0 aliphatic rings. The topological polar surface area (TPSA) is 65.0 Å². The summed E-state index contributed by atoms with van der Waals surface area (Å²) in [7, 11) is 4.43. The van der Waals surface area contributed by atoms with Crippen molar-refractivity contribution in [2.75, 3.05) is 27.9 Å². The van der Waals surface area contributed by atoms with Crippen molar-refractivity contribution in [3.05, 3.63) is 35.4 Å². The van der Waals surface area contributed by atoms with Crippen LogP contribution in [0.25, 0.3) is 0 Å². The zero-order valence-electron chi connectivity index (χ0n) is 12.2. The number of carbonyl (C=O) groups excluding carboxylic acids is 1. The van der Waals surface area contributed by atoms with Crippen LogP contribution in [-0.2, 0) is 9.53 Å². The van der Waals surface area contributed by atoms with E-state index >= 15 is 0 Å². The van der Waals surface area contributed by atoms with Crippen LogP contribution < -0.4 is 9.47 Å². The second kappa shape index (κ2) is 7.55. The SMILES string of the molecule is COC(=O)/C=C/[C@@H](CO)c1cc(OC)c(OC)cc1C. The van der Waals surface area contributed by atoms with Gasteiger partial charge in [-0.05, 0) is 30.2 Å². The first-order chi connectivity index (χ1) is 9.57. The highest BCUT2D eigenvalue weighted by molar-refractivity contribution is 5.81. The number of aryl methyl sites for hydroxylation is 1. The van der Waals surface area contributed by atoms with Crippen molar-refractivity contribution >= 4 is 5.97 Å². The van der Waals surface area contributed by atoms with Crippen LogP contribution in [0.15, 0.2) is 24.3 Å². The van der Waals surface area contributed by atoms with Gasteiger partial charge in [0.15, 0.2) is 11.5 Å². The molecule has 0 aromatic heterocycles. The van der Waals surface area contributed by atoms with E-state index in [1.54, 1.807) is 26.4 Å². The Balaban J connectivity index is 3.15. The van der Waals surface area contributed by atoms with Gasteiger partial charge in [-0.15, -0.1) is 0 Å². The third-order valence-electron chi connectivity index (χ3n) is 3.03. The third-order valence-corrected chi connectivity index (χ3v) is 3.03. The van der Waals surface area contributed by atoms with Gasteiger partial charge in [0.05, 0.1) is 27.9 Å². The lowest BCUT2D eigenvalue weighted by atomic mass is 9.94. The lowest BCUT2D eigenvalue weighted by Gasteiger charge is -2.17. The number of hydrogen-bond acceptors (Lipinski definition) is 5. The second-order valence-corrected chi connectivity index (χ2v) is 4.24. The Bertz CT molecular complexity index is 493. The monoisotopic (exact) mass is 280 g/mol. The van der Waals surface area contributed by atoms with Gasteiger partial charge >= 0.3 is 5.97 Å². The predicted octanol–water partition coefficient (Wildman–Crippen LogP) is 1.82. The van der Waals surface area contributed by atoms with Crippen molar-refractivity contribution in [1.29, 1.82) is 0 Å². The molecule has 0 amide bonds. The molecular weight excluding hydrogens is 260 g/mol. The third kappa shape index (κ3) is 3.74. The van der Waals surface area contributed by atoms with Crippen molar-refractivity contribution in [3.63, 3.8) is 0 Å². The second-order valence-electron chi connectivity index (χ2n) is 4.24. The summed E-state index contributed by atoms with van der Waals surface area (Å²) in [5.41, 5.74) is 1.81. The molecule has 0 radical (unpaired) electrons. The van der Waals surface area contributed by atoms with Gasteiger partial charge in [0, 0.05) is 12.0 Å². The number of hydrogen-bond donors (Lipinski definition) is 1. The zero-order chi connectivity index (χ0) is 15.1. The van der Waals surface area contributed by atoms with E-state index in [4.69, 9.17) is 9.47 Å². The fraction of sp³-hybridized carbons (Fsp3) is 0.400.